The fraction of sp³-hybridized carbons (Fsp3) is 0.727. The third-order valence-corrected chi connectivity index (χ3v) is 2.69. The van der Waals surface area contributed by atoms with Crippen molar-refractivity contribution < 1.29 is 19.7 Å². The van der Waals surface area contributed by atoms with E-state index in [1.807, 2.05) is 6.92 Å². The van der Waals surface area contributed by atoms with Gasteiger partial charge in [-0.3, -0.25) is 0 Å². The molecule has 0 radical (unpaired) electrons. The van der Waals surface area contributed by atoms with Gasteiger partial charge in [0, 0.05) is 6.08 Å². The Labute approximate surface area is 89.6 Å². The maximum absolute atomic E-state index is 10.2. The molecule has 3 atom stereocenters. The maximum atomic E-state index is 10.2. The number of carbonyl (C=O) groups is 1. The summed E-state index contributed by atoms with van der Waals surface area (Å²) in [7, 11) is 0. The lowest BCUT2D eigenvalue weighted by Crippen LogP contribution is -2.24. The van der Waals surface area contributed by atoms with Gasteiger partial charge in [-0.2, -0.15) is 0 Å². The van der Waals surface area contributed by atoms with Crippen molar-refractivity contribution >= 4 is 5.97 Å². The van der Waals surface area contributed by atoms with Gasteiger partial charge >= 0.3 is 5.97 Å². The summed E-state index contributed by atoms with van der Waals surface area (Å²) in [5.74, 6) is -0.578. The van der Waals surface area contributed by atoms with Gasteiger partial charge in [0.2, 0.25) is 0 Å². The van der Waals surface area contributed by atoms with Crippen LogP contribution in [0.4, 0.5) is 0 Å². The minimum Gasteiger partial charge on any atom is -0.478 e. The molecule has 0 unspecified atom stereocenters. The third-order valence-electron chi connectivity index (χ3n) is 2.69. The van der Waals surface area contributed by atoms with Gasteiger partial charge in [0.05, 0.1) is 18.8 Å². The molecule has 4 nitrogen and oxygen atoms in total. The fourth-order valence-corrected chi connectivity index (χ4v) is 1.78. The predicted octanol–water partition coefficient (Wildman–Crippen LogP) is 1.19. The molecule has 0 aliphatic carbocycles. The first-order valence-corrected chi connectivity index (χ1v) is 5.32. The van der Waals surface area contributed by atoms with Crippen LogP contribution < -0.4 is 0 Å². The molecule has 0 saturated carbocycles. The molecule has 0 bridgehead atoms. The average Bonchev–Trinajstić information content (AvgIpc) is 2.65. The number of aliphatic hydroxyl groups excluding tert-OH is 1. The van der Waals surface area contributed by atoms with Gasteiger partial charge in [-0.15, -0.1) is 0 Å². The van der Waals surface area contributed by atoms with Crippen LogP contribution in [0.1, 0.15) is 26.2 Å². The highest BCUT2D eigenvalue weighted by atomic mass is 16.5. The van der Waals surface area contributed by atoms with Crippen LogP contribution in [0.15, 0.2) is 12.2 Å². The fourth-order valence-electron chi connectivity index (χ4n) is 1.78. The second kappa shape index (κ2) is 5.88. The summed E-state index contributed by atoms with van der Waals surface area (Å²) in [6, 6.07) is 0. The summed E-state index contributed by atoms with van der Waals surface area (Å²) in [5.41, 5.74) is 0. The molecule has 1 rings (SSSR count). The number of aliphatic carboxylic acids is 1. The van der Waals surface area contributed by atoms with Gasteiger partial charge in [-0.1, -0.05) is 13.0 Å². The summed E-state index contributed by atoms with van der Waals surface area (Å²) in [6.45, 7) is 2.54. The number of ether oxygens (including phenoxy) is 1. The molecule has 1 fully saturated rings. The lowest BCUT2D eigenvalue weighted by molar-refractivity contribution is -0.131. The molecule has 0 spiro atoms. The molecule has 15 heavy (non-hydrogen) atoms. The minimum absolute atomic E-state index is 0.0711. The lowest BCUT2D eigenvalue weighted by atomic mass is 9.98. The van der Waals surface area contributed by atoms with Crippen molar-refractivity contribution in [2.75, 3.05) is 6.61 Å². The van der Waals surface area contributed by atoms with E-state index in [0.717, 1.165) is 12.5 Å². The quantitative estimate of drug-likeness (QED) is 0.675. The molecule has 86 valence electrons. The molecule has 1 aliphatic rings. The summed E-state index contributed by atoms with van der Waals surface area (Å²) in [4.78, 5) is 10.2. The monoisotopic (exact) mass is 214 g/mol. The highest BCUT2D eigenvalue weighted by molar-refractivity contribution is 5.79. The average molecular weight is 214 g/mol. The van der Waals surface area contributed by atoms with E-state index in [4.69, 9.17) is 9.84 Å². The van der Waals surface area contributed by atoms with Gasteiger partial charge in [0.25, 0.3) is 0 Å². The van der Waals surface area contributed by atoms with Crippen LogP contribution in [0.2, 0.25) is 0 Å². The van der Waals surface area contributed by atoms with Crippen molar-refractivity contribution in [3.05, 3.63) is 12.2 Å². The molecule has 0 aromatic carbocycles. The highest BCUT2D eigenvalue weighted by Crippen LogP contribution is 2.25. The number of aliphatic hydroxyl groups is 1. The van der Waals surface area contributed by atoms with Crippen molar-refractivity contribution in [1.29, 1.82) is 0 Å². The molecular weight excluding hydrogens is 196 g/mol. The van der Waals surface area contributed by atoms with Gasteiger partial charge in [-0.25, -0.2) is 4.79 Å². The molecule has 0 amide bonds. The number of rotatable bonds is 5. The van der Waals surface area contributed by atoms with Crippen LogP contribution in [0.5, 0.6) is 0 Å². The summed E-state index contributed by atoms with van der Waals surface area (Å²) < 4.78 is 5.44. The van der Waals surface area contributed by atoms with Crippen LogP contribution >= 0.6 is 0 Å². The first-order valence-electron chi connectivity index (χ1n) is 5.32. The topological polar surface area (TPSA) is 66.8 Å². The summed E-state index contributed by atoms with van der Waals surface area (Å²) >= 11 is 0. The molecule has 1 aliphatic heterocycles. The number of carboxylic acids is 1. The molecule has 0 aromatic heterocycles. The van der Waals surface area contributed by atoms with E-state index in [1.54, 1.807) is 6.08 Å². The number of hydrogen-bond acceptors (Lipinski definition) is 3. The molecule has 2 N–H and O–H groups in total. The Morgan fingerprint density at radius 1 is 1.67 bits per heavy atom. The van der Waals surface area contributed by atoms with Crippen LogP contribution in [0.3, 0.4) is 0 Å². The Bertz CT molecular complexity index is 237. The number of carboxylic acid groups (broad SMARTS) is 1. The zero-order chi connectivity index (χ0) is 11.3. The number of allylic oxidation sites excluding steroid dienone is 1. The molecular formula is C11H18O4. The lowest BCUT2D eigenvalue weighted by Gasteiger charge is -2.14. The molecule has 4 heteroatoms. The van der Waals surface area contributed by atoms with E-state index in [2.05, 4.69) is 0 Å². The smallest absolute Gasteiger partial charge is 0.327 e. The Balaban J connectivity index is 2.27. The SMILES string of the molecule is CC[C@@H](O)[C@@H]1C[C@@H](C/C=C/C(=O)O)CO1. The third kappa shape index (κ3) is 4.01. The van der Waals surface area contributed by atoms with E-state index in [0.29, 0.717) is 25.4 Å². The maximum Gasteiger partial charge on any atom is 0.327 e. The zero-order valence-electron chi connectivity index (χ0n) is 8.93. The van der Waals surface area contributed by atoms with E-state index < -0.39 is 12.1 Å². The summed E-state index contributed by atoms with van der Waals surface area (Å²) in [5, 5.41) is 18.0. The van der Waals surface area contributed by atoms with Crippen LogP contribution in [-0.2, 0) is 9.53 Å². The van der Waals surface area contributed by atoms with Crippen molar-refractivity contribution in [2.45, 2.75) is 38.4 Å². The van der Waals surface area contributed by atoms with Crippen molar-refractivity contribution in [3.63, 3.8) is 0 Å². The number of hydrogen-bond donors (Lipinski definition) is 2. The van der Waals surface area contributed by atoms with Crippen molar-refractivity contribution in [2.24, 2.45) is 5.92 Å². The van der Waals surface area contributed by atoms with E-state index in [1.165, 1.54) is 0 Å². The van der Waals surface area contributed by atoms with Crippen molar-refractivity contribution in [1.82, 2.24) is 0 Å². The Morgan fingerprint density at radius 2 is 2.40 bits per heavy atom. The normalized spacial score (nSPS) is 28.4. The van der Waals surface area contributed by atoms with E-state index in [9.17, 15) is 9.90 Å². The molecule has 1 heterocycles. The second-order valence-corrected chi connectivity index (χ2v) is 3.93. The first-order chi connectivity index (χ1) is 7.13. The predicted molar refractivity (Wildman–Crippen MR) is 55.5 cm³/mol. The van der Waals surface area contributed by atoms with Gasteiger partial charge in [0.15, 0.2) is 0 Å². The van der Waals surface area contributed by atoms with Crippen LogP contribution in [0, 0.1) is 5.92 Å². The molecule has 0 aromatic rings. The zero-order valence-corrected chi connectivity index (χ0v) is 8.93. The first kappa shape index (κ1) is 12.2. The highest BCUT2D eigenvalue weighted by Gasteiger charge is 2.29. The molecule has 1 saturated heterocycles. The van der Waals surface area contributed by atoms with Gasteiger partial charge in [0.1, 0.15) is 0 Å². The standard InChI is InChI=1S/C11H18O4/c1-2-9(12)10-6-8(7-15-10)4-3-5-11(13)14/h3,5,8-10,12H,2,4,6-7H2,1H3,(H,13,14)/b5-3+/t8-,9-,10+/m1/s1. The van der Waals surface area contributed by atoms with Crippen molar-refractivity contribution in [3.8, 4) is 0 Å². The summed E-state index contributed by atoms with van der Waals surface area (Å²) in [6.07, 6.45) is 4.57. The Kier molecular flexibility index (Phi) is 4.78. The minimum atomic E-state index is -0.918. The Hall–Kier alpha value is -0.870. The second-order valence-electron chi connectivity index (χ2n) is 3.93. The van der Waals surface area contributed by atoms with Gasteiger partial charge < -0.3 is 14.9 Å². The van der Waals surface area contributed by atoms with Crippen LogP contribution in [0.25, 0.3) is 0 Å². The Morgan fingerprint density at radius 3 is 3.00 bits per heavy atom. The van der Waals surface area contributed by atoms with Crippen LogP contribution in [-0.4, -0.2) is 35.0 Å². The van der Waals surface area contributed by atoms with Gasteiger partial charge in [-0.05, 0) is 25.2 Å². The largest absolute Gasteiger partial charge is 0.478 e. The van der Waals surface area contributed by atoms with E-state index >= 15 is 0 Å². The van der Waals surface area contributed by atoms with E-state index in [-0.39, 0.29) is 6.10 Å².